The van der Waals surface area contributed by atoms with Crippen LogP contribution in [0.2, 0.25) is 0 Å². The highest BCUT2D eigenvalue weighted by molar-refractivity contribution is 14.1. The second-order valence-corrected chi connectivity index (χ2v) is 8.34. The number of imide groups is 1. The van der Waals surface area contributed by atoms with Crippen molar-refractivity contribution < 1.29 is 9.59 Å². The first-order chi connectivity index (χ1) is 10.6. The Bertz CT molecular complexity index is 719. The smallest absolute Gasteiger partial charge is 0.238 e. The standard InChI is InChI=1S/C18H16INO2/c1-8-6-9(19)2-5-14(8)20-17(21)15-10-3-4-11(13-7-12(10)13)16(15)18(20)22/h2-6,10-13,15-16H,7H2,1H3/t10-,11-,12-,13+,15-,16+/m0/s1. The normalized spacial score (nSPS) is 40.9. The summed E-state index contributed by atoms with van der Waals surface area (Å²) in [6, 6.07) is 5.92. The van der Waals surface area contributed by atoms with Gasteiger partial charge in [0.1, 0.15) is 0 Å². The number of nitrogens with zero attached hydrogens (tertiary/aromatic N) is 1. The van der Waals surface area contributed by atoms with Gasteiger partial charge in [-0.05, 0) is 83.4 Å². The Balaban J connectivity index is 1.60. The number of halogens is 1. The largest absolute Gasteiger partial charge is 0.274 e. The predicted octanol–water partition coefficient (Wildman–Crippen LogP) is 3.16. The van der Waals surface area contributed by atoms with E-state index in [1.165, 1.54) is 11.3 Å². The highest BCUT2D eigenvalue weighted by Crippen LogP contribution is 2.65. The summed E-state index contributed by atoms with van der Waals surface area (Å²) in [5, 5.41) is 0. The first-order valence-electron chi connectivity index (χ1n) is 7.90. The minimum atomic E-state index is -0.107. The van der Waals surface area contributed by atoms with Crippen LogP contribution in [0.5, 0.6) is 0 Å². The van der Waals surface area contributed by atoms with Crippen molar-refractivity contribution in [3.8, 4) is 0 Å². The Hall–Kier alpha value is -1.17. The Kier molecular flexibility index (Phi) is 2.55. The van der Waals surface area contributed by atoms with Crippen LogP contribution in [0.25, 0.3) is 0 Å². The zero-order chi connectivity index (χ0) is 15.2. The van der Waals surface area contributed by atoms with Gasteiger partial charge in [0.15, 0.2) is 0 Å². The zero-order valence-electron chi connectivity index (χ0n) is 12.2. The molecule has 1 aromatic carbocycles. The van der Waals surface area contributed by atoms with Crippen molar-refractivity contribution in [1.82, 2.24) is 0 Å². The third-order valence-electron chi connectivity index (χ3n) is 6.06. The van der Waals surface area contributed by atoms with Crippen molar-refractivity contribution in [2.45, 2.75) is 13.3 Å². The molecule has 0 spiro atoms. The van der Waals surface area contributed by atoms with E-state index in [2.05, 4.69) is 34.7 Å². The van der Waals surface area contributed by atoms with Crippen molar-refractivity contribution in [1.29, 1.82) is 0 Å². The lowest BCUT2D eigenvalue weighted by Crippen LogP contribution is -2.40. The van der Waals surface area contributed by atoms with Crippen LogP contribution in [0, 0.1) is 46.0 Å². The quantitative estimate of drug-likeness (QED) is 0.409. The van der Waals surface area contributed by atoms with Gasteiger partial charge in [-0.2, -0.15) is 0 Å². The topological polar surface area (TPSA) is 37.4 Å². The molecule has 1 heterocycles. The molecule has 0 unspecified atom stereocenters. The van der Waals surface area contributed by atoms with Gasteiger partial charge in [0.25, 0.3) is 0 Å². The van der Waals surface area contributed by atoms with E-state index in [1.54, 1.807) is 0 Å². The average molecular weight is 405 g/mol. The maximum atomic E-state index is 13.0. The fourth-order valence-corrected chi connectivity index (χ4v) is 5.71. The molecule has 6 rings (SSSR count). The molecule has 0 N–H and O–H groups in total. The van der Waals surface area contributed by atoms with Gasteiger partial charge in [0, 0.05) is 3.57 Å². The Morgan fingerprint density at radius 1 is 1.05 bits per heavy atom. The summed E-state index contributed by atoms with van der Waals surface area (Å²) in [5.74, 6) is 1.76. The Morgan fingerprint density at radius 3 is 2.18 bits per heavy atom. The highest BCUT2D eigenvalue weighted by Gasteiger charge is 2.67. The molecule has 4 aliphatic carbocycles. The molecule has 112 valence electrons. The van der Waals surface area contributed by atoms with Gasteiger partial charge in [0.2, 0.25) is 11.8 Å². The molecule has 2 saturated carbocycles. The second-order valence-electron chi connectivity index (χ2n) is 7.10. The highest BCUT2D eigenvalue weighted by atomic mass is 127. The summed E-state index contributed by atoms with van der Waals surface area (Å²) in [4.78, 5) is 27.5. The van der Waals surface area contributed by atoms with Gasteiger partial charge in [0.05, 0.1) is 17.5 Å². The lowest BCUT2D eigenvalue weighted by Gasteiger charge is -2.37. The number of allylic oxidation sites excluding steroid dienone is 2. The predicted molar refractivity (Wildman–Crippen MR) is 91.1 cm³/mol. The first-order valence-corrected chi connectivity index (χ1v) is 8.98. The molecule has 1 aliphatic heterocycles. The minimum Gasteiger partial charge on any atom is -0.274 e. The molecule has 6 atom stereocenters. The molecule has 1 aromatic rings. The summed E-state index contributed by atoms with van der Waals surface area (Å²) in [5.41, 5.74) is 1.77. The number of amides is 2. The number of carbonyl (C=O) groups is 2. The molecule has 22 heavy (non-hydrogen) atoms. The van der Waals surface area contributed by atoms with Crippen LogP contribution in [0.4, 0.5) is 5.69 Å². The molecule has 3 fully saturated rings. The summed E-state index contributed by atoms with van der Waals surface area (Å²) < 4.78 is 1.12. The van der Waals surface area contributed by atoms with E-state index < -0.39 is 0 Å². The fraction of sp³-hybridized carbons (Fsp3) is 0.444. The third-order valence-corrected chi connectivity index (χ3v) is 6.73. The second kappa shape index (κ2) is 4.22. The van der Waals surface area contributed by atoms with Crippen molar-refractivity contribution in [3.63, 3.8) is 0 Å². The van der Waals surface area contributed by atoms with E-state index in [-0.39, 0.29) is 23.7 Å². The summed E-state index contributed by atoms with van der Waals surface area (Å²) in [7, 11) is 0. The lowest BCUT2D eigenvalue weighted by molar-refractivity contribution is -0.124. The average Bonchev–Trinajstić information content (AvgIpc) is 3.26. The van der Waals surface area contributed by atoms with Crippen LogP contribution in [0.15, 0.2) is 30.4 Å². The SMILES string of the molecule is Cc1cc(I)ccc1N1C(=O)[C@@H]2[C@H]3C=C[C@@H]([C@@H]4C[C@H]34)[C@@H]2C1=O. The number of aryl methyl sites for hydroxylation is 1. The number of rotatable bonds is 1. The van der Waals surface area contributed by atoms with E-state index in [0.29, 0.717) is 23.7 Å². The van der Waals surface area contributed by atoms with Crippen molar-refractivity contribution >= 4 is 40.1 Å². The van der Waals surface area contributed by atoms with Gasteiger partial charge in [-0.15, -0.1) is 0 Å². The van der Waals surface area contributed by atoms with E-state index >= 15 is 0 Å². The van der Waals surface area contributed by atoms with E-state index in [1.807, 2.05) is 25.1 Å². The van der Waals surface area contributed by atoms with Crippen LogP contribution in [-0.4, -0.2) is 11.8 Å². The number of anilines is 1. The summed E-state index contributed by atoms with van der Waals surface area (Å²) >= 11 is 2.26. The molecule has 2 amide bonds. The summed E-state index contributed by atoms with van der Waals surface area (Å²) in [6.07, 6.45) is 5.64. The molecule has 0 aromatic heterocycles. The van der Waals surface area contributed by atoms with Crippen molar-refractivity contribution in [2.75, 3.05) is 4.90 Å². The molecular formula is C18H16INO2. The van der Waals surface area contributed by atoms with Gasteiger partial charge in [-0.3, -0.25) is 9.59 Å². The number of benzene rings is 1. The maximum Gasteiger partial charge on any atom is 0.238 e. The van der Waals surface area contributed by atoms with Crippen molar-refractivity contribution in [2.24, 2.45) is 35.5 Å². The van der Waals surface area contributed by atoms with Gasteiger partial charge >= 0.3 is 0 Å². The number of hydrogen-bond donors (Lipinski definition) is 0. The van der Waals surface area contributed by atoms with Crippen LogP contribution in [0.3, 0.4) is 0 Å². The minimum absolute atomic E-state index is 0.0315. The third kappa shape index (κ3) is 1.52. The summed E-state index contributed by atoms with van der Waals surface area (Å²) in [6.45, 7) is 1.98. The first kappa shape index (κ1) is 13.3. The van der Waals surface area contributed by atoms with E-state index in [0.717, 1.165) is 14.8 Å². The Morgan fingerprint density at radius 2 is 1.64 bits per heavy atom. The zero-order valence-corrected chi connectivity index (χ0v) is 14.4. The molecule has 3 nitrogen and oxygen atoms in total. The molecule has 5 aliphatic rings. The number of hydrogen-bond acceptors (Lipinski definition) is 2. The molecule has 4 heteroatoms. The monoisotopic (exact) mass is 405 g/mol. The van der Waals surface area contributed by atoms with Crippen LogP contribution in [-0.2, 0) is 9.59 Å². The van der Waals surface area contributed by atoms with Crippen LogP contribution in [0.1, 0.15) is 12.0 Å². The Labute approximate surface area is 142 Å². The van der Waals surface area contributed by atoms with Crippen LogP contribution < -0.4 is 4.90 Å². The maximum absolute atomic E-state index is 13.0. The molecular weight excluding hydrogens is 389 g/mol. The molecule has 0 radical (unpaired) electrons. The van der Waals surface area contributed by atoms with Crippen molar-refractivity contribution in [3.05, 3.63) is 39.5 Å². The fourth-order valence-electron chi connectivity index (χ4n) is 5.06. The van der Waals surface area contributed by atoms with Gasteiger partial charge < -0.3 is 0 Å². The van der Waals surface area contributed by atoms with E-state index in [4.69, 9.17) is 0 Å². The van der Waals surface area contributed by atoms with Gasteiger partial charge in [-0.25, -0.2) is 4.90 Å². The van der Waals surface area contributed by atoms with Gasteiger partial charge in [-0.1, -0.05) is 12.2 Å². The molecule has 2 bridgehead atoms. The molecule has 1 saturated heterocycles. The lowest BCUT2D eigenvalue weighted by atomic mass is 9.63. The number of carbonyl (C=O) groups excluding carboxylic acids is 2. The van der Waals surface area contributed by atoms with Crippen LogP contribution >= 0.6 is 22.6 Å². The van der Waals surface area contributed by atoms with E-state index in [9.17, 15) is 9.59 Å².